The van der Waals surface area contributed by atoms with Crippen molar-refractivity contribution < 1.29 is 4.79 Å². The summed E-state index contributed by atoms with van der Waals surface area (Å²) in [4.78, 5) is 14.6. The Morgan fingerprint density at radius 3 is 2.80 bits per heavy atom. The summed E-state index contributed by atoms with van der Waals surface area (Å²) in [6.45, 7) is 8.42. The van der Waals surface area contributed by atoms with Gasteiger partial charge in [-0.2, -0.15) is 5.26 Å². The molecule has 1 heterocycles. The summed E-state index contributed by atoms with van der Waals surface area (Å²) in [6, 6.07) is 11.5. The number of hydrogen-bond acceptors (Lipinski definition) is 5. The molecule has 1 amide bonds. The molecule has 1 unspecified atom stereocenters. The van der Waals surface area contributed by atoms with Crippen LogP contribution in [0.15, 0.2) is 48.1 Å². The Morgan fingerprint density at radius 1 is 1.44 bits per heavy atom. The summed E-state index contributed by atoms with van der Waals surface area (Å²) in [6.07, 6.45) is 2.06. The maximum atomic E-state index is 12.9. The molecule has 2 aromatic rings. The fourth-order valence-corrected chi connectivity index (χ4v) is 3.32. The van der Waals surface area contributed by atoms with Crippen molar-refractivity contribution in [2.75, 3.05) is 11.4 Å². The van der Waals surface area contributed by atoms with Crippen LogP contribution in [-0.4, -0.2) is 32.5 Å². The molecule has 0 saturated heterocycles. The van der Waals surface area contributed by atoms with Gasteiger partial charge < -0.3 is 9.47 Å². The number of hydrogen-bond donors (Lipinski definition) is 0. The molecule has 0 aliphatic rings. The molecule has 1 aromatic heterocycles. The monoisotopic (exact) mass is 355 g/mol. The molecule has 7 heteroatoms. The summed E-state index contributed by atoms with van der Waals surface area (Å²) in [5.74, 6) is 0.726. The average molecular weight is 355 g/mol. The van der Waals surface area contributed by atoms with Gasteiger partial charge in [-0.15, -0.1) is 16.8 Å². The first-order chi connectivity index (χ1) is 12.1. The first kappa shape index (κ1) is 18.7. The number of thioether (sulfide) groups is 1. The molecule has 0 aliphatic heterocycles. The maximum absolute atomic E-state index is 12.9. The van der Waals surface area contributed by atoms with Gasteiger partial charge in [0.05, 0.1) is 17.7 Å². The highest BCUT2D eigenvalue weighted by atomic mass is 32.2. The largest absolute Gasteiger partial charge is 0.310 e. The van der Waals surface area contributed by atoms with Crippen LogP contribution in [0.4, 0.5) is 5.69 Å². The van der Waals surface area contributed by atoms with Crippen LogP contribution < -0.4 is 4.90 Å². The van der Waals surface area contributed by atoms with Gasteiger partial charge in [-0.1, -0.05) is 36.0 Å². The SMILES string of the molecule is C=CCn1c(C)nnc1SC(C)C(=O)N(CCC#N)c1ccccc1. The van der Waals surface area contributed by atoms with Crippen LogP contribution in [0, 0.1) is 18.3 Å². The van der Waals surface area contributed by atoms with E-state index in [0.29, 0.717) is 18.2 Å². The maximum Gasteiger partial charge on any atom is 0.240 e. The molecule has 0 radical (unpaired) electrons. The summed E-state index contributed by atoms with van der Waals surface area (Å²) in [5.41, 5.74) is 0.791. The molecular formula is C18H21N5OS. The smallest absolute Gasteiger partial charge is 0.240 e. The first-order valence-corrected chi connectivity index (χ1v) is 8.87. The number of carbonyl (C=O) groups is 1. The normalized spacial score (nSPS) is 11.6. The van der Waals surface area contributed by atoms with Crippen molar-refractivity contribution >= 4 is 23.4 Å². The van der Waals surface area contributed by atoms with Crippen molar-refractivity contribution in [1.82, 2.24) is 14.8 Å². The minimum absolute atomic E-state index is 0.0581. The van der Waals surface area contributed by atoms with Crippen LogP contribution in [0.1, 0.15) is 19.2 Å². The van der Waals surface area contributed by atoms with Crippen LogP contribution in [0.5, 0.6) is 0 Å². The van der Waals surface area contributed by atoms with Gasteiger partial charge in [0.2, 0.25) is 5.91 Å². The van der Waals surface area contributed by atoms with E-state index in [1.165, 1.54) is 11.8 Å². The standard InChI is InChI=1S/C18H21N5OS/c1-4-12-22-15(3)20-21-18(22)25-14(2)17(24)23(13-8-11-19)16-9-6-5-7-10-16/h4-7,9-10,14H,1,8,12-13H2,2-3H3. The Hall–Kier alpha value is -2.59. The van der Waals surface area contributed by atoms with Gasteiger partial charge in [0.1, 0.15) is 5.82 Å². The number of anilines is 1. The number of aryl methyl sites for hydroxylation is 1. The molecular weight excluding hydrogens is 334 g/mol. The van der Waals surface area contributed by atoms with Gasteiger partial charge in [-0.25, -0.2) is 0 Å². The van der Waals surface area contributed by atoms with Crippen LogP contribution >= 0.6 is 11.8 Å². The number of rotatable bonds is 8. The molecule has 2 rings (SSSR count). The number of nitrogens with zero attached hydrogens (tertiary/aromatic N) is 5. The average Bonchev–Trinajstić information content (AvgIpc) is 2.96. The van der Waals surface area contributed by atoms with E-state index >= 15 is 0 Å². The number of amides is 1. The second-order valence-corrected chi connectivity index (χ2v) is 6.73. The number of aromatic nitrogens is 3. The quantitative estimate of drug-likeness (QED) is 0.537. The third-order valence-corrected chi connectivity index (χ3v) is 4.69. The molecule has 0 fully saturated rings. The highest BCUT2D eigenvalue weighted by Gasteiger charge is 2.24. The lowest BCUT2D eigenvalue weighted by molar-refractivity contribution is -0.117. The Bertz CT molecular complexity index is 766. The van der Waals surface area contributed by atoms with Crippen molar-refractivity contribution in [2.45, 2.75) is 37.2 Å². The lowest BCUT2D eigenvalue weighted by atomic mass is 10.2. The highest BCUT2D eigenvalue weighted by molar-refractivity contribution is 8.00. The van der Waals surface area contributed by atoms with Gasteiger partial charge in [0.25, 0.3) is 0 Å². The Balaban J connectivity index is 2.18. The van der Waals surface area contributed by atoms with E-state index in [4.69, 9.17) is 5.26 Å². The summed E-state index contributed by atoms with van der Waals surface area (Å²) in [5, 5.41) is 17.5. The minimum atomic E-state index is -0.355. The molecule has 0 aliphatic carbocycles. The minimum Gasteiger partial charge on any atom is -0.310 e. The molecule has 6 nitrogen and oxygen atoms in total. The summed E-state index contributed by atoms with van der Waals surface area (Å²) >= 11 is 1.36. The number of carbonyl (C=O) groups excluding carboxylic acids is 1. The van der Waals surface area contributed by atoms with Crippen LogP contribution in [0.2, 0.25) is 0 Å². The predicted octanol–water partition coefficient (Wildman–Crippen LogP) is 3.20. The predicted molar refractivity (Wildman–Crippen MR) is 99.3 cm³/mol. The second-order valence-electron chi connectivity index (χ2n) is 5.42. The fraction of sp³-hybridized carbons (Fsp3) is 0.333. The third-order valence-electron chi connectivity index (χ3n) is 3.62. The van der Waals surface area contributed by atoms with Gasteiger partial charge >= 0.3 is 0 Å². The molecule has 0 saturated carbocycles. The van der Waals surface area contributed by atoms with Crippen LogP contribution in [0.3, 0.4) is 0 Å². The fourth-order valence-electron chi connectivity index (χ4n) is 2.35. The lowest BCUT2D eigenvalue weighted by Gasteiger charge is -2.24. The summed E-state index contributed by atoms with van der Waals surface area (Å²) in [7, 11) is 0. The zero-order valence-corrected chi connectivity index (χ0v) is 15.2. The van der Waals surface area contributed by atoms with Gasteiger partial charge in [0.15, 0.2) is 5.16 Å². The van der Waals surface area contributed by atoms with Crippen LogP contribution in [-0.2, 0) is 11.3 Å². The van der Waals surface area contributed by atoms with E-state index < -0.39 is 0 Å². The van der Waals surface area contributed by atoms with E-state index in [0.717, 1.165) is 11.5 Å². The van der Waals surface area contributed by atoms with Gasteiger partial charge in [-0.05, 0) is 26.0 Å². The zero-order chi connectivity index (χ0) is 18.2. The van der Waals surface area contributed by atoms with Crippen LogP contribution in [0.25, 0.3) is 0 Å². The topological polar surface area (TPSA) is 74.8 Å². The van der Waals surface area contributed by atoms with Crippen molar-refractivity contribution in [1.29, 1.82) is 5.26 Å². The molecule has 130 valence electrons. The summed E-state index contributed by atoms with van der Waals surface area (Å²) < 4.78 is 1.92. The van der Waals surface area contributed by atoms with E-state index in [1.807, 2.05) is 48.7 Å². The van der Waals surface area contributed by atoms with Crippen molar-refractivity contribution in [3.8, 4) is 6.07 Å². The number of para-hydroxylation sites is 1. The Morgan fingerprint density at radius 2 is 2.16 bits per heavy atom. The highest BCUT2D eigenvalue weighted by Crippen LogP contribution is 2.26. The molecule has 0 bridgehead atoms. The molecule has 0 N–H and O–H groups in total. The van der Waals surface area contributed by atoms with E-state index in [9.17, 15) is 4.79 Å². The lowest BCUT2D eigenvalue weighted by Crippen LogP contribution is -2.37. The Kier molecular flexibility index (Phi) is 6.78. The van der Waals surface area contributed by atoms with Crippen molar-refractivity contribution in [3.63, 3.8) is 0 Å². The third kappa shape index (κ3) is 4.70. The second kappa shape index (κ2) is 9.04. The number of allylic oxidation sites excluding steroid dienone is 1. The molecule has 1 aromatic carbocycles. The zero-order valence-electron chi connectivity index (χ0n) is 14.4. The van der Waals surface area contributed by atoms with Crippen molar-refractivity contribution in [2.24, 2.45) is 0 Å². The van der Waals surface area contributed by atoms with E-state index in [1.54, 1.807) is 11.0 Å². The Labute approximate surface area is 152 Å². The number of benzene rings is 1. The molecule has 0 spiro atoms. The molecule has 1 atom stereocenters. The van der Waals surface area contributed by atoms with E-state index in [2.05, 4.69) is 22.8 Å². The van der Waals surface area contributed by atoms with Crippen molar-refractivity contribution in [3.05, 3.63) is 48.8 Å². The van der Waals surface area contributed by atoms with E-state index in [-0.39, 0.29) is 17.6 Å². The van der Waals surface area contributed by atoms with Gasteiger partial charge in [0, 0.05) is 18.8 Å². The molecule has 25 heavy (non-hydrogen) atoms. The van der Waals surface area contributed by atoms with Gasteiger partial charge in [-0.3, -0.25) is 4.79 Å². The number of nitriles is 1. The first-order valence-electron chi connectivity index (χ1n) is 7.99.